The summed E-state index contributed by atoms with van der Waals surface area (Å²) in [5.41, 5.74) is 5.19. The quantitative estimate of drug-likeness (QED) is 0.845. The fourth-order valence-corrected chi connectivity index (χ4v) is 3.16. The lowest BCUT2D eigenvalue weighted by Crippen LogP contribution is -2.51. The van der Waals surface area contributed by atoms with Crippen LogP contribution in [0.2, 0.25) is 0 Å². The molecule has 2 aliphatic heterocycles. The standard InChI is InChI=1S/C14H27N3O.2ClH/c1-14(2,15)13(18)17-10-5-6-12(7-11-17)16-8-3-4-9-16;;/h12H,3-11,15H2,1-2H3;2*1H. The molecule has 2 heterocycles. The van der Waals surface area contributed by atoms with Crippen LogP contribution < -0.4 is 5.73 Å². The Bertz CT molecular complexity index is 301. The summed E-state index contributed by atoms with van der Waals surface area (Å²) in [4.78, 5) is 16.8. The Kier molecular flexibility index (Phi) is 8.41. The summed E-state index contributed by atoms with van der Waals surface area (Å²) in [7, 11) is 0. The zero-order valence-corrected chi connectivity index (χ0v) is 14.3. The van der Waals surface area contributed by atoms with Crippen LogP contribution in [0.3, 0.4) is 0 Å². The molecule has 2 fully saturated rings. The molecular weight excluding hydrogens is 297 g/mol. The molecule has 2 N–H and O–H groups in total. The first-order valence-electron chi connectivity index (χ1n) is 7.31. The molecule has 0 radical (unpaired) electrons. The van der Waals surface area contributed by atoms with Crippen molar-refractivity contribution in [3.05, 3.63) is 0 Å². The van der Waals surface area contributed by atoms with E-state index in [9.17, 15) is 4.79 Å². The van der Waals surface area contributed by atoms with Crippen molar-refractivity contribution in [3.63, 3.8) is 0 Å². The van der Waals surface area contributed by atoms with Crippen molar-refractivity contribution in [2.75, 3.05) is 26.2 Å². The Morgan fingerprint density at radius 3 is 2.15 bits per heavy atom. The lowest BCUT2D eigenvalue weighted by atomic mass is 10.1. The third-order valence-electron chi connectivity index (χ3n) is 4.19. The van der Waals surface area contributed by atoms with Crippen LogP contribution in [0.1, 0.15) is 46.0 Å². The fraction of sp³-hybridized carbons (Fsp3) is 0.929. The van der Waals surface area contributed by atoms with Crippen molar-refractivity contribution in [1.29, 1.82) is 0 Å². The van der Waals surface area contributed by atoms with Gasteiger partial charge in [0.1, 0.15) is 0 Å². The van der Waals surface area contributed by atoms with Gasteiger partial charge in [0, 0.05) is 19.1 Å². The van der Waals surface area contributed by atoms with Gasteiger partial charge in [-0.15, -0.1) is 24.8 Å². The zero-order valence-electron chi connectivity index (χ0n) is 12.6. The average Bonchev–Trinajstić information content (AvgIpc) is 2.72. The fourth-order valence-electron chi connectivity index (χ4n) is 3.16. The summed E-state index contributed by atoms with van der Waals surface area (Å²) < 4.78 is 0. The van der Waals surface area contributed by atoms with Gasteiger partial charge in [-0.05, 0) is 59.0 Å². The molecule has 0 saturated carbocycles. The number of nitrogens with two attached hydrogens (primary N) is 1. The molecule has 0 bridgehead atoms. The average molecular weight is 326 g/mol. The number of rotatable bonds is 2. The van der Waals surface area contributed by atoms with Crippen molar-refractivity contribution in [3.8, 4) is 0 Å². The van der Waals surface area contributed by atoms with Crippen molar-refractivity contribution in [2.45, 2.75) is 57.5 Å². The highest BCUT2D eigenvalue weighted by Crippen LogP contribution is 2.22. The van der Waals surface area contributed by atoms with Gasteiger partial charge in [0.15, 0.2) is 0 Å². The van der Waals surface area contributed by atoms with Crippen molar-refractivity contribution < 1.29 is 4.79 Å². The summed E-state index contributed by atoms with van der Waals surface area (Å²) >= 11 is 0. The number of carbonyl (C=O) groups is 1. The number of nitrogens with zero attached hydrogens (tertiary/aromatic N) is 2. The Labute approximate surface area is 135 Å². The first-order valence-corrected chi connectivity index (χ1v) is 7.31. The molecule has 0 aromatic heterocycles. The summed E-state index contributed by atoms with van der Waals surface area (Å²) in [6.45, 7) is 7.86. The van der Waals surface area contributed by atoms with Crippen LogP contribution in [0.4, 0.5) is 0 Å². The van der Waals surface area contributed by atoms with Gasteiger partial charge in [-0.25, -0.2) is 0 Å². The van der Waals surface area contributed by atoms with E-state index >= 15 is 0 Å². The molecule has 6 heteroatoms. The maximum atomic E-state index is 12.2. The molecule has 2 aliphatic rings. The highest BCUT2D eigenvalue weighted by atomic mass is 35.5. The smallest absolute Gasteiger partial charge is 0.242 e. The second-order valence-electron chi connectivity index (χ2n) is 6.34. The molecular formula is C14H29Cl2N3O. The topological polar surface area (TPSA) is 49.6 Å². The Hall–Kier alpha value is -0.0300. The third kappa shape index (κ3) is 5.06. The van der Waals surface area contributed by atoms with Gasteiger partial charge in [0.25, 0.3) is 0 Å². The number of likely N-dealkylation sites (tertiary alicyclic amines) is 2. The minimum absolute atomic E-state index is 0. The first-order chi connectivity index (χ1) is 8.48. The molecule has 0 aliphatic carbocycles. The number of hydrogen-bond acceptors (Lipinski definition) is 3. The van der Waals surface area contributed by atoms with Crippen molar-refractivity contribution in [1.82, 2.24) is 9.80 Å². The van der Waals surface area contributed by atoms with Crippen LogP contribution in [-0.4, -0.2) is 53.5 Å². The molecule has 1 atom stereocenters. The van der Waals surface area contributed by atoms with E-state index in [0.29, 0.717) is 6.04 Å². The minimum atomic E-state index is -0.729. The third-order valence-corrected chi connectivity index (χ3v) is 4.19. The second-order valence-corrected chi connectivity index (χ2v) is 6.34. The van der Waals surface area contributed by atoms with Crippen LogP contribution in [0.25, 0.3) is 0 Å². The number of carbonyl (C=O) groups excluding carboxylic acids is 1. The summed E-state index contributed by atoms with van der Waals surface area (Å²) in [5, 5.41) is 0. The van der Waals surface area contributed by atoms with Gasteiger partial charge in [0.2, 0.25) is 5.91 Å². The number of amides is 1. The van der Waals surface area contributed by atoms with E-state index < -0.39 is 5.54 Å². The highest BCUT2D eigenvalue weighted by molar-refractivity contribution is 5.86. The van der Waals surface area contributed by atoms with Gasteiger partial charge in [-0.3, -0.25) is 4.79 Å². The first kappa shape index (κ1) is 20.0. The van der Waals surface area contributed by atoms with Crippen molar-refractivity contribution in [2.24, 2.45) is 5.73 Å². The number of hydrogen-bond donors (Lipinski definition) is 1. The lowest BCUT2D eigenvalue weighted by Gasteiger charge is -2.29. The van der Waals surface area contributed by atoms with Crippen LogP contribution in [0.5, 0.6) is 0 Å². The predicted octanol–water partition coefficient (Wildman–Crippen LogP) is 2.04. The largest absolute Gasteiger partial charge is 0.341 e. The highest BCUT2D eigenvalue weighted by Gasteiger charge is 2.31. The Morgan fingerprint density at radius 2 is 1.60 bits per heavy atom. The minimum Gasteiger partial charge on any atom is -0.341 e. The van der Waals surface area contributed by atoms with E-state index in [1.807, 2.05) is 4.90 Å². The van der Waals surface area contributed by atoms with Gasteiger partial charge in [-0.2, -0.15) is 0 Å². The number of halogens is 2. The Morgan fingerprint density at radius 1 is 1.00 bits per heavy atom. The van der Waals surface area contributed by atoms with E-state index in [1.165, 1.54) is 32.4 Å². The molecule has 120 valence electrons. The predicted molar refractivity (Wildman–Crippen MR) is 87.8 cm³/mol. The Balaban J connectivity index is 0.00000180. The van der Waals surface area contributed by atoms with E-state index in [4.69, 9.17) is 5.73 Å². The molecule has 2 saturated heterocycles. The molecule has 4 nitrogen and oxygen atoms in total. The molecule has 0 aromatic rings. The molecule has 1 unspecified atom stereocenters. The summed E-state index contributed by atoms with van der Waals surface area (Å²) in [6.07, 6.45) is 6.14. The van der Waals surface area contributed by atoms with Gasteiger partial charge < -0.3 is 15.5 Å². The second kappa shape index (κ2) is 8.42. The van der Waals surface area contributed by atoms with Crippen LogP contribution >= 0.6 is 24.8 Å². The van der Waals surface area contributed by atoms with Gasteiger partial charge in [0.05, 0.1) is 5.54 Å². The normalized spacial score (nSPS) is 24.6. The lowest BCUT2D eigenvalue weighted by molar-refractivity contribution is -0.135. The van der Waals surface area contributed by atoms with Crippen LogP contribution in [0, 0.1) is 0 Å². The zero-order chi connectivity index (χ0) is 13.2. The van der Waals surface area contributed by atoms with Gasteiger partial charge >= 0.3 is 0 Å². The molecule has 0 spiro atoms. The van der Waals surface area contributed by atoms with Crippen LogP contribution in [0.15, 0.2) is 0 Å². The maximum absolute atomic E-state index is 12.2. The SMILES string of the molecule is CC(C)(N)C(=O)N1CCCC(N2CCCC2)CC1.Cl.Cl. The van der Waals surface area contributed by atoms with Crippen LogP contribution in [-0.2, 0) is 4.79 Å². The molecule has 2 rings (SSSR count). The van der Waals surface area contributed by atoms with E-state index in [1.54, 1.807) is 13.8 Å². The summed E-state index contributed by atoms with van der Waals surface area (Å²) in [5.74, 6) is 0.101. The van der Waals surface area contributed by atoms with E-state index in [2.05, 4.69) is 4.90 Å². The molecule has 1 amide bonds. The molecule has 20 heavy (non-hydrogen) atoms. The van der Waals surface area contributed by atoms with E-state index in [-0.39, 0.29) is 30.7 Å². The van der Waals surface area contributed by atoms with E-state index in [0.717, 1.165) is 25.9 Å². The van der Waals surface area contributed by atoms with Gasteiger partial charge in [-0.1, -0.05) is 0 Å². The summed E-state index contributed by atoms with van der Waals surface area (Å²) in [6, 6.07) is 0.686. The molecule has 0 aromatic carbocycles. The van der Waals surface area contributed by atoms with Crippen molar-refractivity contribution >= 4 is 30.7 Å². The monoisotopic (exact) mass is 325 g/mol. The maximum Gasteiger partial charge on any atom is 0.242 e.